The molecule has 2 aliphatic rings. The lowest BCUT2D eigenvalue weighted by atomic mass is 9.95. The quantitative estimate of drug-likeness (QED) is 0.771. The van der Waals surface area contributed by atoms with Gasteiger partial charge >= 0.3 is 0 Å². The fraction of sp³-hybridized carbons (Fsp3) is 0.667. The standard InChI is InChI=1S/C15H25N5/c1-11-9-18-19-14(11)13-6-4-8-20(13)10-12-5-3-7-17-15(12)16-2/h3,5,7,11,13-14,18-19H,4,6,8-10H2,1-2H3,(H,16,17). The highest BCUT2D eigenvalue weighted by atomic mass is 15.4. The van der Waals surface area contributed by atoms with Crippen LogP contribution in [-0.2, 0) is 6.54 Å². The number of aromatic nitrogens is 1. The molecule has 5 nitrogen and oxygen atoms in total. The summed E-state index contributed by atoms with van der Waals surface area (Å²) in [6.07, 6.45) is 4.44. The first-order valence-corrected chi connectivity index (χ1v) is 7.63. The fourth-order valence-electron chi connectivity index (χ4n) is 3.55. The Balaban J connectivity index is 1.72. The summed E-state index contributed by atoms with van der Waals surface area (Å²) >= 11 is 0. The summed E-state index contributed by atoms with van der Waals surface area (Å²) < 4.78 is 0. The molecular weight excluding hydrogens is 250 g/mol. The highest BCUT2D eigenvalue weighted by Gasteiger charge is 2.37. The summed E-state index contributed by atoms with van der Waals surface area (Å²) in [5.41, 5.74) is 8.07. The summed E-state index contributed by atoms with van der Waals surface area (Å²) in [7, 11) is 1.94. The smallest absolute Gasteiger partial charge is 0.130 e. The van der Waals surface area contributed by atoms with E-state index in [0.717, 1.165) is 18.9 Å². The van der Waals surface area contributed by atoms with E-state index >= 15 is 0 Å². The molecular formula is C15H25N5. The molecule has 3 heterocycles. The van der Waals surface area contributed by atoms with Crippen molar-refractivity contribution in [2.75, 3.05) is 25.5 Å². The third-order valence-electron chi connectivity index (χ3n) is 4.64. The molecule has 1 aromatic heterocycles. The normalized spacial score (nSPS) is 30.8. The molecule has 2 saturated heterocycles. The van der Waals surface area contributed by atoms with Crippen molar-refractivity contribution in [2.24, 2.45) is 5.92 Å². The van der Waals surface area contributed by atoms with Crippen LogP contribution in [0, 0.1) is 5.92 Å². The Hall–Kier alpha value is -1.17. The van der Waals surface area contributed by atoms with Crippen molar-refractivity contribution >= 4 is 5.82 Å². The highest BCUT2D eigenvalue weighted by molar-refractivity contribution is 5.42. The van der Waals surface area contributed by atoms with E-state index in [1.165, 1.54) is 24.9 Å². The van der Waals surface area contributed by atoms with Gasteiger partial charge in [0.1, 0.15) is 5.82 Å². The second-order valence-corrected chi connectivity index (χ2v) is 5.97. The van der Waals surface area contributed by atoms with Gasteiger partial charge in [0, 0.05) is 44.0 Å². The molecule has 0 radical (unpaired) electrons. The first-order valence-electron chi connectivity index (χ1n) is 7.63. The Bertz CT molecular complexity index is 450. The van der Waals surface area contributed by atoms with Crippen LogP contribution in [0.15, 0.2) is 18.3 Å². The van der Waals surface area contributed by atoms with E-state index in [0.29, 0.717) is 18.0 Å². The Morgan fingerprint density at radius 2 is 2.40 bits per heavy atom. The minimum Gasteiger partial charge on any atom is -0.373 e. The van der Waals surface area contributed by atoms with Gasteiger partial charge in [0.05, 0.1) is 0 Å². The van der Waals surface area contributed by atoms with E-state index in [9.17, 15) is 0 Å². The minimum atomic E-state index is 0.562. The number of nitrogens with zero attached hydrogens (tertiary/aromatic N) is 2. The van der Waals surface area contributed by atoms with Gasteiger partial charge in [0.15, 0.2) is 0 Å². The number of hydrogen-bond donors (Lipinski definition) is 3. The first kappa shape index (κ1) is 13.8. The van der Waals surface area contributed by atoms with Crippen molar-refractivity contribution in [1.82, 2.24) is 20.7 Å². The third-order valence-corrected chi connectivity index (χ3v) is 4.64. The van der Waals surface area contributed by atoms with Crippen molar-refractivity contribution in [2.45, 2.75) is 38.4 Å². The molecule has 1 aromatic rings. The van der Waals surface area contributed by atoms with Crippen molar-refractivity contribution in [3.8, 4) is 0 Å². The summed E-state index contributed by atoms with van der Waals surface area (Å²) in [5, 5.41) is 3.20. The molecule has 3 atom stereocenters. The summed E-state index contributed by atoms with van der Waals surface area (Å²) in [5.74, 6) is 1.70. The van der Waals surface area contributed by atoms with Crippen molar-refractivity contribution < 1.29 is 0 Å². The molecule has 3 rings (SSSR count). The van der Waals surface area contributed by atoms with E-state index in [1.54, 1.807) is 0 Å². The lowest BCUT2D eigenvalue weighted by molar-refractivity contribution is 0.187. The average molecular weight is 275 g/mol. The van der Waals surface area contributed by atoms with Crippen LogP contribution in [0.3, 0.4) is 0 Å². The first-order chi connectivity index (χ1) is 9.79. The largest absolute Gasteiger partial charge is 0.373 e. The summed E-state index contributed by atoms with van der Waals surface area (Å²) in [6.45, 7) is 5.58. The molecule has 0 saturated carbocycles. The van der Waals surface area contributed by atoms with Gasteiger partial charge in [-0.15, -0.1) is 0 Å². The molecule has 20 heavy (non-hydrogen) atoms. The van der Waals surface area contributed by atoms with Crippen molar-refractivity contribution in [1.29, 1.82) is 0 Å². The van der Waals surface area contributed by atoms with Crippen LogP contribution in [0.1, 0.15) is 25.3 Å². The van der Waals surface area contributed by atoms with Crippen LogP contribution in [0.25, 0.3) is 0 Å². The zero-order valence-corrected chi connectivity index (χ0v) is 12.4. The van der Waals surface area contributed by atoms with Gasteiger partial charge in [-0.3, -0.25) is 15.8 Å². The molecule has 5 heteroatoms. The second-order valence-electron chi connectivity index (χ2n) is 5.97. The molecule has 0 amide bonds. The molecule has 110 valence electrons. The molecule has 0 aromatic carbocycles. The monoisotopic (exact) mass is 275 g/mol. The van der Waals surface area contributed by atoms with Crippen LogP contribution < -0.4 is 16.2 Å². The molecule has 2 fully saturated rings. The van der Waals surface area contributed by atoms with Crippen LogP contribution >= 0.6 is 0 Å². The zero-order chi connectivity index (χ0) is 13.9. The molecule has 0 aliphatic carbocycles. The van der Waals surface area contributed by atoms with Crippen LogP contribution in [0.4, 0.5) is 5.82 Å². The number of hydrogen-bond acceptors (Lipinski definition) is 5. The number of likely N-dealkylation sites (tertiary alicyclic amines) is 1. The molecule has 0 spiro atoms. The SMILES string of the molecule is CNc1ncccc1CN1CCCC1C1NNCC1C. The van der Waals surface area contributed by atoms with Gasteiger partial charge in [0.2, 0.25) is 0 Å². The number of anilines is 1. The van der Waals surface area contributed by atoms with E-state index < -0.39 is 0 Å². The van der Waals surface area contributed by atoms with Crippen LogP contribution in [0.2, 0.25) is 0 Å². The fourth-order valence-corrected chi connectivity index (χ4v) is 3.55. The predicted octanol–water partition coefficient (Wildman–Crippen LogP) is 1.20. The van der Waals surface area contributed by atoms with Crippen LogP contribution in [-0.4, -0.2) is 42.1 Å². The number of nitrogens with one attached hydrogen (secondary N) is 3. The van der Waals surface area contributed by atoms with Crippen molar-refractivity contribution in [3.05, 3.63) is 23.9 Å². The average Bonchev–Trinajstić information content (AvgIpc) is 3.08. The third kappa shape index (κ3) is 2.66. The highest BCUT2D eigenvalue weighted by Crippen LogP contribution is 2.28. The van der Waals surface area contributed by atoms with Crippen molar-refractivity contribution in [3.63, 3.8) is 0 Å². The molecule has 3 unspecified atom stereocenters. The van der Waals surface area contributed by atoms with Gasteiger partial charge in [0.25, 0.3) is 0 Å². The Morgan fingerprint density at radius 3 is 3.15 bits per heavy atom. The predicted molar refractivity (Wildman–Crippen MR) is 81.3 cm³/mol. The lowest BCUT2D eigenvalue weighted by Gasteiger charge is -2.31. The lowest BCUT2D eigenvalue weighted by Crippen LogP contribution is -2.47. The maximum Gasteiger partial charge on any atom is 0.130 e. The number of hydrazine groups is 1. The molecule has 3 N–H and O–H groups in total. The van der Waals surface area contributed by atoms with Gasteiger partial charge in [-0.05, 0) is 31.4 Å². The molecule has 0 bridgehead atoms. The second kappa shape index (κ2) is 6.08. The maximum absolute atomic E-state index is 4.41. The number of rotatable bonds is 4. The topological polar surface area (TPSA) is 52.2 Å². The van der Waals surface area contributed by atoms with Gasteiger partial charge in [-0.2, -0.15) is 0 Å². The van der Waals surface area contributed by atoms with Crippen LogP contribution in [0.5, 0.6) is 0 Å². The summed E-state index contributed by atoms with van der Waals surface area (Å²) in [6, 6.07) is 5.40. The Morgan fingerprint density at radius 1 is 1.50 bits per heavy atom. The van der Waals surface area contributed by atoms with Gasteiger partial charge < -0.3 is 5.32 Å². The van der Waals surface area contributed by atoms with E-state index in [-0.39, 0.29) is 0 Å². The molecule has 2 aliphatic heterocycles. The van der Waals surface area contributed by atoms with E-state index in [4.69, 9.17) is 0 Å². The maximum atomic E-state index is 4.41. The van der Waals surface area contributed by atoms with E-state index in [2.05, 4.69) is 39.0 Å². The number of pyridine rings is 1. The van der Waals surface area contributed by atoms with Gasteiger partial charge in [-0.25, -0.2) is 4.98 Å². The minimum absolute atomic E-state index is 0.562. The summed E-state index contributed by atoms with van der Waals surface area (Å²) in [4.78, 5) is 7.02. The Kier molecular flexibility index (Phi) is 4.19. The zero-order valence-electron chi connectivity index (χ0n) is 12.4. The van der Waals surface area contributed by atoms with Gasteiger partial charge in [-0.1, -0.05) is 13.0 Å². The van der Waals surface area contributed by atoms with E-state index in [1.807, 2.05) is 19.3 Å². The Labute approximate surface area is 121 Å².